The molecular formula is C10H9N3S2. The summed E-state index contributed by atoms with van der Waals surface area (Å²) in [7, 11) is 0. The number of aromatic amines is 1. The van der Waals surface area contributed by atoms with Crippen LogP contribution in [-0.4, -0.2) is 10.2 Å². The quantitative estimate of drug-likeness (QED) is 0.797. The second kappa shape index (κ2) is 3.50. The third kappa shape index (κ3) is 1.52. The van der Waals surface area contributed by atoms with E-state index in [2.05, 4.69) is 33.1 Å². The third-order valence-corrected chi connectivity index (χ3v) is 4.81. The second-order valence-electron chi connectivity index (χ2n) is 3.29. The van der Waals surface area contributed by atoms with E-state index in [4.69, 9.17) is 5.73 Å². The van der Waals surface area contributed by atoms with E-state index >= 15 is 0 Å². The Labute approximate surface area is 95.5 Å². The van der Waals surface area contributed by atoms with Gasteiger partial charge in [0, 0.05) is 5.39 Å². The minimum absolute atomic E-state index is 0.471. The Morgan fingerprint density at radius 1 is 1.27 bits per heavy atom. The van der Waals surface area contributed by atoms with Gasteiger partial charge in [-0.1, -0.05) is 6.07 Å². The maximum atomic E-state index is 5.71. The number of hydrogen-bond donors (Lipinski definition) is 2. The van der Waals surface area contributed by atoms with Crippen molar-refractivity contribution in [3.05, 3.63) is 34.6 Å². The monoisotopic (exact) mass is 235 g/mol. The molecule has 3 N–H and O–H groups in total. The minimum Gasteiger partial charge on any atom is -0.382 e. The van der Waals surface area contributed by atoms with E-state index in [1.54, 1.807) is 0 Å². The van der Waals surface area contributed by atoms with Gasteiger partial charge in [-0.05, 0) is 28.5 Å². The van der Waals surface area contributed by atoms with Crippen LogP contribution in [0.4, 0.5) is 5.82 Å². The SMILES string of the molecule is Nc1n[nH]c2cc(C3SC=CS3)ccc12. The molecular weight excluding hydrogens is 226 g/mol. The van der Waals surface area contributed by atoms with Crippen LogP contribution in [0.5, 0.6) is 0 Å². The number of thioether (sulfide) groups is 2. The molecule has 0 radical (unpaired) electrons. The van der Waals surface area contributed by atoms with Crippen LogP contribution in [0.2, 0.25) is 0 Å². The Morgan fingerprint density at radius 3 is 2.87 bits per heavy atom. The van der Waals surface area contributed by atoms with Crippen LogP contribution in [0, 0.1) is 0 Å². The molecule has 76 valence electrons. The number of benzene rings is 1. The Morgan fingerprint density at radius 2 is 2.07 bits per heavy atom. The molecule has 1 aliphatic heterocycles. The molecule has 3 nitrogen and oxygen atoms in total. The highest BCUT2D eigenvalue weighted by Gasteiger charge is 2.15. The van der Waals surface area contributed by atoms with E-state index in [0.29, 0.717) is 10.4 Å². The van der Waals surface area contributed by atoms with E-state index in [1.807, 2.05) is 29.6 Å². The summed E-state index contributed by atoms with van der Waals surface area (Å²) >= 11 is 3.66. The second-order valence-corrected chi connectivity index (χ2v) is 5.62. The van der Waals surface area contributed by atoms with Crippen molar-refractivity contribution in [3.63, 3.8) is 0 Å². The van der Waals surface area contributed by atoms with Crippen LogP contribution in [0.3, 0.4) is 0 Å². The lowest BCUT2D eigenvalue weighted by Gasteiger charge is -2.07. The van der Waals surface area contributed by atoms with Crippen LogP contribution < -0.4 is 5.73 Å². The summed E-state index contributed by atoms with van der Waals surface area (Å²) in [5.41, 5.74) is 8.02. The first-order chi connectivity index (χ1) is 7.34. The van der Waals surface area contributed by atoms with Crippen molar-refractivity contribution in [2.45, 2.75) is 4.58 Å². The Hall–Kier alpha value is -1.07. The Bertz CT molecular complexity index is 524. The highest BCUT2D eigenvalue weighted by atomic mass is 32.2. The summed E-state index contributed by atoms with van der Waals surface area (Å²) in [6.45, 7) is 0. The Kier molecular flexibility index (Phi) is 2.14. The molecule has 2 aromatic rings. The van der Waals surface area contributed by atoms with Crippen molar-refractivity contribution in [3.8, 4) is 0 Å². The molecule has 15 heavy (non-hydrogen) atoms. The van der Waals surface area contributed by atoms with Gasteiger partial charge in [0.2, 0.25) is 0 Å². The lowest BCUT2D eigenvalue weighted by molar-refractivity contribution is 1.13. The van der Waals surface area contributed by atoms with Crippen LogP contribution in [0.25, 0.3) is 10.9 Å². The fraction of sp³-hybridized carbons (Fsp3) is 0.100. The normalized spacial score (nSPS) is 16.5. The molecule has 1 aromatic heterocycles. The third-order valence-electron chi connectivity index (χ3n) is 2.35. The molecule has 0 amide bonds. The summed E-state index contributed by atoms with van der Waals surface area (Å²) in [4.78, 5) is 0. The average molecular weight is 235 g/mol. The van der Waals surface area contributed by atoms with Crippen LogP contribution >= 0.6 is 23.5 Å². The number of nitrogens with two attached hydrogens (primary N) is 1. The topological polar surface area (TPSA) is 54.7 Å². The number of fused-ring (bicyclic) bond motifs is 1. The number of aromatic nitrogens is 2. The number of H-pyrrole nitrogens is 1. The zero-order valence-corrected chi connectivity index (χ0v) is 9.44. The van der Waals surface area contributed by atoms with E-state index in [9.17, 15) is 0 Å². The fourth-order valence-electron chi connectivity index (χ4n) is 1.60. The predicted octanol–water partition coefficient (Wildman–Crippen LogP) is 3.09. The molecule has 0 fully saturated rings. The molecule has 3 rings (SSSR count). The zero-order chi connectivity index (χ0) is 10.3. The molecule has 0 spiro atoms. The first kappa shape index (κ1) is 9.18. The Balaban J connectivity index is 2.06. The summed E-state index contributed by atoms with van der Waals surface area (Å²) in [5.74, 6) is 0.571. The van der Waals surface area contributed by atoms with Gasteiger partial charge in [0.05, 0.1) is 10.1 Å². The number of hydrogen-bond acceptors (Lipinski definition) is 4. The average Bonchev–Trinajstić information content (AvgIpc) is 2.88. The van der Waals surface area contributed by atoms with Gasteiger partial charge < -0.3 is 5.73 Å². The molecule has 0 saturated carbocycles. The summed E-state index contributed by atoms with van der Waals surface area (Å²) in [6, 6.07) is 6.27. The number of rotatable bonds is 1. The van der Waals surface area contributed by atoms with E-state index in [0.717, 1.165) is 10.9 Å². The van der Waals surface area contributed by atoms with Crippen molar-refractivity contribution in [1.29, 1.82) is 0 Å². The lowest BCUT2D eigenvalue weighted by Crippen LogP contribution is -1.85. The van der Waals surface area contributed by atoms with Crippen molar-refractivity contribution < 1.29 is 0 Å². The lowest BCUT2D eigenvalue weighted by atomic mass is 10.2. The zero-order valence-electron chi connectivity index (χ0n) is 7.81. The highest BCUT2D eigenvalue weighted by molar-refractivity contribution is 8.21. The number of nitrogens with zero attached hydrogens (tertiary/aromatic N) is 1. The molecule has 0 aliphatic carbocycles. The van der Waals surface area contributed by atoms with Crippen molar-refractivity contribution in [2.24, 2.45) is 0 Å². The van der Waals surface area contributed by atoms with Gasteiger partial charge in [0.1, 0.15) is 0 Å². The molecule has 0 unspecified atom stereocenters. The number of nitrogen functional groups attached to an aromatic ring is 1. The number of anilines is 1. The van der Waals surface area contributed by atoms with Crippen LogP contribution in [0.15, 0.2) is 29.0 Å². The van der Waals surface area contributed by atoms with Crippen LogP contribution in [-0.2, 0) is 0 Å². The first-order valence-corrected chi connectivity index (χ1v) is 6.42. The highest BCUT2D eigenvalue weighted by Crippen LogP contribution is 2.46. The summed E-state index contributed by atoms with van der Waals surface area (Å²) < 4.78 is 0.471. The van der Waals surface area contributed by atoms with Gasteiger partial charge in [-0.25, -0.2) is 0 Å². The molecule has 1 aliphatic rings. The molecule has 2 heterocycles. The molecule has 0 bridgehead atoms. The molecule has 1 aromatic carbocycles. The van der Waals surface area contributed by atoms with E-state index in [-0.39, 0.29) is 0 Å². The minimum atomic E-state index is 0.471. The van der Waals surface area contributed by atoms with Gasteiger partial charge in [0.25, 0.3) is 0 Å². The maximum absolute atomic E-state index is 5.71. The van der Waals surface area contributed by atoms with E-state index in [1.165, 1.54) is 5.56 Å². The van der Waals surface area contributed by atoms with E-state index < -0.39 is 0 Å². The fourth-order valence-corrected chi connectivity index (χ4v) is 3.65. The first-order valence-electron chi connectivity index (χ1n) is 4.54. The smallest absolute Gasteiger partial charge is 0.153 e. The van der Waals surface area contributed by atoms with Gasteiger partial charge in [-0.2, -0.15) is 5.10 Å². The van der Waals surface area contributed by atoms with Crippen molar-refractivity contribution in [1.82, 2.24) is 10.2 Å². The summed E-state index contributed by atoms with van der Waals surface area (Å²) in [6.07, 6.45) is 0. The van der Waals surface area contributed by atoms with Crippen molar-refractivity contribution >= 4 is 40.2 Å². The van der Waals surface area contributed by atoms with Gasteiger partial charge in [0.15, 0.2) is 5.82 Å². The van der Waals surface area contributed by atoms with Gasteiger partial charge >= 0.3 is 0 Å². The predicted molar refractivity (Wildman–Crippen MR) is 67.6 cm³/mol. The molecule has 5 heteroatoms. The van der Waals surface area contributed by atoms with Gasteiger partial charge in [-0.15, -0.1) is 23.5 Å². The van der Waals surface area contributed by atoms with Crippen molar-refractivity contribution in [2.75, 3.05) is 5.73 Å². The standard InChI is InChI=1S/C10H9N3S2/c11-9-7-2-1-6(5-8(7)12-13-9)10-14-3-4-15-10/h1-5,10H,(H3,11,12,13). The maximum Gasteiger partial charge on any atom is 0.153 e. The summed E-state index contributed by atoms with van der Waals surface area (Å²) in [5, 5.41) is 12.2. The van der Waals surface area contributed by atoms with Crippen LogP contribution in [0.1, 0.15) is 10.1 Å². The number of nitrogens with one attached hydrogen (secondary N) is 1. The van der Waals surface area contributed by atoms with Gasteiger partial charge in [-0.3, -0.25) is 5.10 Å². The molecule has 0 atom stereocenters. The molecule has 0 saturated heterocycles. The largest absolute Gasteiger partial charge is 0.382 e.